The lowest BCUT2D eigenvalue weighted by Crippen LogP contribution is -2.54. The van der Waals surface area contributed by atoms with Gasteiger partial charge in [0.05, 0.1) is 6.61 Å². The predicted molar refractivity (Wildman–Crippen MR) is 125 cm³/mol. The molecule has 2 aromatic heterocycles. The molecule has 2 N–H and O–H groups in total. The van der Waals surface area contributed by atoms with E-state index in [9.17, 15) is 9.59 Å². The van der Waals surface area contributed by atoms with Crippen molar-refractivity contribution in [2.75, 3.05) is 56.7 Å². The summed E-state index contributed by atoms with van der Waals surface area (Å²) in [5, 5.41) is 9.95. The van der Waals surface area contributed by atoms with Crippen LogP contribution >= 0.6 is 0 Å². The summed E-state index contributed by atoms with van der Waals surface area (Å²) in [7, 11) is 1.83. The first kappa shape index (κ1) is 23.7. The molecule has 0 unspecified atom stereocenters. The molecule has 5 heterocycles. The second-order valence-electron chi connectivity index (χ2n) is 8.59. The van der Waals surface area contributed by atoms with E-state index in [2.05, 4.69) is 20.2 Å². The molecule has 5 rings (SSSR count). The first-order valence-corrected chi connectivity index (χ1v) is 11.5. The second-order valence-corrected chi connectivity index (χ2v) is 8.59. The summed E-state index contributed by atoms with van der Waals surface area (Å²) in [6.45, 7) is 3.57. The molecule has 2 saturated heterocycles. The monoisotopic (exact) mass is 470 g/mol. The Balaban J connectivity index is 0.000000868. The Labute approximate surface area is 197 Å². The molecule has 2 fully saturated rings. The molecule has 2 bridgehead atoms. The summed E-state index contributed by atoms with van der Waals surface area (Å²) in [6, 6.07) is 6.67. The molecule has 0 radical (unpaired) electrons. The Hall–Kier alpha value is -3.47. The van der Waals surface area contributed by atoms with Crippen LogP contribution in [0, 0.1) is 5.92 Å². The van der Waals surface area contributed by atoms with Gasteiger partial charge in [-0.2, -0.15) is 4.98 Å². The summed E-state index contributed by atoms with van der Waals surface area (Å²) in [4.78, 5) is 48.1. The van der Waals surface area contributed by atoms with Gasteiger partial charge in [-0.15, -0.1) is 0 Å². The summed E-state index contributed by atoms with van der Waals surface area (Å²) in [6.07, 6.45) is 3.45. The maximum absolute atomic E-state index is 13.7. The van der Waals surface area contributed by atoms with Crippen molar-refractivity contribution in [2.45, 2.75) is 24.8 Å². The predicted octanol–water partition coefficient (Wildman–Crippen LogP) is 0.795. The summed E-state index contributed by atoms with van der Waals surface area (Å²) >= 11 is 0. The quantitative estimate of drug-likeness (QED) is 0.626. The minimum atomic E-state index is -0.506. The minimum Gasteiger partial charge on any atom is -0.483 e. The molecule has 11 nitrogen and oxygen atoms in total. The lowest BCUT2D eigenvalue weighted by Gasteiger charge is -2.47. The molecular weight excluding hydrogens is 440 g/mol. The van der Waals surface area contributed by atoms with Gasteiger partial charge in [0.15, 0.2) is 0 Å². The van der Waals surface area contributed by atoms with E-state index in [1.807, 2.05) is 24.1 Å². The second kappa shape index (κ2) is 10.6. The number of hydrogen-bond donors (Lipinski definition) is 2. The highest BCUT2D eigenvalue weighted by atomic mass is 16.5. The van der Waals surface area contributed by atoms with Crippen molar-refractivity contribution in [2.24, 2.45) is 5.92 Å². The van der Waals surface area contributed by atoms with Gasteiger partial charge in [0.1, 0.15) is 11.9 Å². The Kier molecular flexibility index (Phi) is 7.41. The number of piperidine rings is 1. The van der Waals surface area contributed by atoms with E-state index in [0.717, 1.165) is 30.9 Å². The molecule has 34 heavy (non-hydrogen) atoms. The number of fused-ring (bicyclic) bond motifs is 4. The third-order valence-electron chi connectivity index (χ3n) is 6.62. The molecule has 0 saturated carbocycles. The zero-order valence-electron chi connectivity index (χ0n) is 19.2. The lowest BCUT2D eigenvalue weighted by molar-refractivity contribution is -0.137. The molecule has 182 valence electrons. The fourth-order valence-corrected chi connectivity index (χ4v) is 5.21. The van der Waals surface area contributed by atoms with E-state index < -0.39 is 6.04 Å². The first-order chi connectivity index (χ1) is 16.6. The SMILES string of the molecule is CNc1ccnc(N2C[C@H]3C[C@@H](C2)[C@H](C(=O)N2CCCOCC2)n2c3cccc2=O)n1.O=CO. The number of hydrogen-bond acceptors (Lipinski definition) is 8. The number of amides is 1. The van der Waals surface area contributed by atoms with Crippen molar-refractivity contribution < 1.29 is 19.4 Å². The largest absolute Gasteiger partial charge is 0.483 e. The van der Waals surface area contributed by atoms with Crippen LogP contribution < -0.4 is 15.8 Å². The Morgan fingerprint density at radius 1 is 1.24 bits per heavy atom. The summed E-state index contributed by atoms with van der Waals surface area (Å²) < 4.78 is 7.30. The normalized spacial score (nSPS) is 23.6. The van der Waals surface area contributed by atoms with Crippen LogP contribution in [0.2, 0.25) is 0 Å². The van der Waals surface area contributed by atoms with E-state index in [1.165, 1.54) is 0 Å². The van der Waals surface area contributed by atoms with Crippen molar-refractivity contribution in [1.82, 2.24) is 19.4 Å². The number of nitrogens with one attached hydrogen (secondary N) is 1. The van der Waals surface area contributed by atoms with Gasteiger partial charge in [-0.05, 0) is 25.0 Å². The highest BCUT2D eigenvalue weighted by Gasteiger charge is 2.45. The van der Waals surface area contributed by atoms with E-state index >= 15 is 0 Å². The molecule has 3 aliphatic heterocycles. The maximum atomic E-state index is 13.7. The van der Waals surface area contributed by atoms with Crippen molar-refractivity contribution in [3.8, 4) is 0 Å². The Morgan fingerprint density at radius 3 is 2.85 bits per heavy atom. The third kappa shape index (κ3) is 4.74. The van der Waals surface area contributed by atoms with Crippen molar-refractivity contribution in [3.63, 3.8) is 0 Å². The first-order valence-electron chi connectivity index (χ1n) is 11.5. The van der Waals surface area contributed by atoms with Crippen LogP contribution in [0.25, 0.3) is 0 Å². The number of carboxylic acid groups (broad SMARTS) is 1. The van der Waals surface area contributed by atoms with E-state index in [4.69, 9.17) is 14.6 Å². The summed E-state index contributed by atoms with van der Waals surface area (Å²) in [5.41, 5.74) is 0.834. The van der Waals surface area contributed by atoms with E-state index in [-0.39, 0.29) is 29.8 Å². The number of rotatable bonds is 3. The van der Waals surface area contributed by atoms with Gasteiger partial charge in [0.2, 0.25) is 11.9 Å². The third-order valence-corrected chi connectivity index (χ3v) is 6.62. The number of carbonyl (C=O) groups excluding carboxylic acids is 1. The van der Waals surface area contributed by atoms with Gasteiger partial charge in [-0.3, -0.25) is 19.0 Å². The fourth-order valence-electron chi connectivity index (χ4n) is 5.21. The van der Waals surface area contributed by atoms with Crippen LogP contribution in [0.5, 0.6) is 0 Å². The average Bonchev–Trinajstić information content (AvgIpc) is 3.15. The molecule has 0 aliphatic carbocycles. The van der Waals surface area contributed by atoms with E-state index in [1.54, 1.807) is 22.9 Å². The zero-order valence-corrected chi connectivity index (χ0v) is 19.2. The smallest absolute Gasteiger partial charge is 0.290 e. The zero-order chi connectivity index (χ0) is 24.1. The van der Waals surface area contributed by atoms with Crippen molar-refractivity contribution >= 4 is 24.1 Å². The highest BCUT2D eigenvalue weighted by Crippen LogP contribution is 2.42. The molecule has 3 aliphatic rings. The highest BCUT2D eigenvalue weighted by molar-refractivity contribution is 5.81. The van der Waals surface area contributed by atoms with Gasteiger partial charge >= 0.3 is 0 Å². The van der Waals surface area contributed by atoms with Crippen molar-refractivity contribution in [3.05, 3.63) is 46.5 Å². The molecule has 11 heteroatoms. The van der Waals surface area contributed by atoms with Crippen LogP contribution in [0.3, 0.4) is 0 Å². The van der Waals surface area contributed by atoms with E-state index in [0.29, 0.717) is 38.8 Å². The topological polar surface area (TPSA) is 130 Å². The fraction of sp³-hybridized carbons (Fsp3) is 0.522. The van der Waals surface area contributed by atoms with Crippen LogP contribution in [0.1, 0.15) is 30.5 Å². The Bertz CT molecular complexity index is 1070. The lowest BCUT2D eigenvalue weighted by atomic mass is 9.78. The summed E-state index contributed by atoms with van der Waals surface area (Å²) in [5.74, 6) is 1.61. The van der Waals surface area contributed by atoms with Gasteiger partial charge in [0.25, 0.3) is 12.0 Å². The number of carbonyl (C=O) groups is 2. The molecule has 2 aromatic rings. The number of nitrogens with zero attached hydrogens (tertiary/aromatic N) is 5. The van der Waals surface area contributed by atoms with Crippen LogP contribution in [0.15, 0.2) is 35.3 Å². The van der Waals surface area contributed by atoms with Crippen LogP contribution in [0.4, 0.5) is 11.8 Å². The molecule has 0 aromatic carbocycles. The molecular formula is C23H30N6O5. The van der Waals surface area contributed by atoms with Gasteiger partial charge in [-0.1, -0.05) is 6.07 Å². The number of aromatic nitrogens is 3. The van der Waals surface area contributed by atoms with Crippen molar-refractivity contribution in [1.29, 1.82) is 0 Å². The molecule has 0 spiro atoms. The van der Waals surface area contributed by atoms with Gasteiger partial charge in [-0.25, -0.2) is 4.98 Å². The van der Waals surface area contributed by atoms with Gasteiger partial charge in [0, 0.05) is 69.6 Å². The Morgan fingerprint density at radius 2 is 2.06 bits per heavy atom. The molecule has 3 atom stereocenters. The maximum Gasteiger partial charge on any atom is 0.290 e. The van der Waals surface area contributed by atoms with Gasteiger partial charge < -0.3 is 25.0 Å². The molecule has 1 amide bonds. The number of anilines is 2. The average molecular weight is 471 g/mol. The minimum absolute atomic E-state index is 0.0184. The van der Waals surface area contributed by atoms with Crippen LogP contribution in [-0.2, 0) is 14.3 Å². The number of ether oxygens (including phenoxy) is 1. The standard InChI is InChI=1S/C22H28N6O3.CH2O2/c1-23-18-6-7-24-22(25-18)27-13-15-12-16(14-27)20(28-17(15)4-2-5-19(28)29)21(30)26-8-3-10-31-11-9-26;2-1-3/h2,4-7,15-16,20H,3,8-14H2,1H3,(H,23,24,25);1H,(H,2,3)/t15-,16+,20-;/m1./s1. The van der Waals surface area contributed by atoms with Crippen LogP contribution in [-0.4, -0.2) is 83.4 Å². The number of pyridine rings is 1.